The average molecular weight is 417 g/mol. The van der Waals surface area contributed by atoms with Gasteiger partial charge in [0.15, 0.2) is 0 Å². The monoisotopic (exact) mass is 416 g/mol. The fourth-order valence-electron chi connectivity index (χ4n) is 2.65. The molecule has 1 unspecified atom stereocenters. The third-order valence-electron chi connectivity index (χ3n) is 3.92. The van der Waals surface area contributed by atoms with Gasteiger partial charge >= 0.3 is 5.97 Å². The number of carbonyl (C=O) groups excluding carboxylic acids is 3. The second-order valence-electron chi connectivity index (χ2n) is 5.69. The minimum absolute atomic E-state index is 0.00127. The van der Waals surface area contributed by atoms with Crippen molar-refractivity contribution in [2.24, 2.45) is 5.92 Å². The van der Waals surface area contributed by atoms with Gasteiger partial charge in [-0.15, -0.1) is 11.3 Å². The summed E-state index contributed by atoms with van der Waals surface area (Å²) >= 11 is 4.67. The van der Waals surface area contributed by atoms with Crippen LogP contribution in [0.25, 0.3) is 0 Å². The van der Waals surface area contributed by atoms with Gasteiger partial charge in [0.1, 0.15) is 4.88 Å². The van der Waals surface area contributed by atoms with Gasteiger partial charge in [-0.2, -0.15) is 0 Å². The molecule has 1 fully saturated rings. The Hall–Kier alpha value is -1.41. The summed E-state index contributed by atoms with van der Waals surface area (Å²) in [4.78, 5) is 40.3. The summed E-state index contributed by atoms with van der Waals surface area (Å²) in [5, 5.41) is 1.82. The van der Waals surface area contributed by atoms with Gasteiger partial charge in [0, 0.05) is 24.6 Å². The zero-order valence-electron chi connectivity index (χ0n) is 13.8. The van der Waals surface area contributed by atoms with Crippen LogP contribution in [0.1, 0.15) is 29.4 Å². The van der Waals surface area contributed by atoms with E-state index in [1.807, 2.05) is 11.4 Å². The Morgan fingerprint density at radius 1 is 1.46 bits per heavy atom. The lowest BCUT2D eigenvalue weighted by Gasteiger charge is -2.32. The number of likely N-dealkylation sites (tertiary alicyclic amines) is 1. The summed E-state index contributed by atoms with van der Waals surface area (Å²) in [6.45, 7) is 3.09. The van der Waals surface area contributed by atoms with Crippen molar-refractivity contribution in [3.63, 3.8) is 0 Å². The lowest BCUT2D eigenvalue weighted by molar-refractivity contribution is -0.151. The molecule has 1 aromatic heterocycles. The van der Waals surface area contributed by atoms with E-state index in [0.717, 1.165) is 17.3 Å². The second kappa shape index (κ2) is 8.62. The molecule has 0 aromatic carbocycles. The van der Waals surface area contributed by atoms with Crippen molar-refractivity contribution in [3.05, 3.63) is 20.8 Å². The van der Waals surface area contributed by atoms with E-state index in [0.29, 0.717) is 24.6 Å². The molecule has 0 N–H and O–H groups in total. The van der Waals surface area contributed by atoms with Crippen LogP contribution in [0.2, 0.25) is 0 Å². The molecule has 0 bridgehead atoms. The van der Waals surface area contributed by atoms with E-state index in [4.69, 9.17) is 4.74 Å². The van der Waals surface area contributed by atoms with Crippen LogP contribution in [0.5, 0.6) is 0 Å². The van der Waals surface area contributed by atoms with Crippen LogP contribution >= 0.6 is 27.3 Å². The van der Waals surface area contributed by atoms with Gasteiger partial charge in [-0.3, -0.25) is 14.4 Å². The van der Waals surface area contributed by atoms with Crippen LogP contribution in [0.4, 0.5) is 0 Å². The van der Waals surface area contributed by atoms with Crippen LogP contribution < -0.4 is 0 Å². The molecule has 132 valence electrons. The Kier molecular flexibility index (Phi) is 6.79. The van der Waals surface area contributed by atoms with Gasteiger partial charge in [-0.25, -0.2) is 0 Å². The van der Waals surface area contributed by atoms with E-state index in [-0.39, 0.29) is 30.2 Å². The van der Waals surface area contributed by atoms with Gasteiger partial charge in [-0.1, -0.05) is 0 Å². The largest absolute Gasteiger partial charge is 0.466 e. The number of nitrogens with zero attached hydrogens (tertiary/aromatic N) is 2. The van der Waals surface area contributed by atoms with E-state index < -0.39 is 0 Å². The summed E-state index contributed by atoms with van der Waals surface area (Å²) in [7, 11) is 1.61. The Labute approximate surface area is 153 Å². The molecule has 2 amide bonds. The second-order valence-corrected chi connectivity index (χ2v) is 7.46. The molecule has 24 heavy (non-hydrogen) atoms. The van der Waals surface area contributed by atoms with Crippen LogP contribution in [0.15, 0.2) is 15.9 Å². The van der Waals surface area contributed by atoms with Gasteiger partial charge in [-0.05, 0) is 47.1 Å². The highest BCUT2D eigenvalue weighted by Gasteiger charge is 2.30. The first-order valence-corrected chi connectivity index (χ1v) is 9.54. The number of piperidine rings is 1. The number of hydrogen-bond donors (Lipinski definition) is 0. The van der Waals surface area contributed by atoms with Crippen molar-refractivity contribution in [2.45, 2.75) is 19.8 Å². The molecule has 8 heteroatoms. The first-order valence-electron chi connectivity index (χ1n) is 7.86. The Morgan fingerprint density at radius 3 is 2.83 bits per heavy atom. The zero-order valence-corrected chi connectivity index (χ0v) is 16.2. The minimum atomic E-state index is -0.268. The number of rotatable bonds is 5. The van der Waals surface area contributed by atoms with E-state index >= 15 is 0 Å². The predicted molar refractivity (Wildman–Crippen MR) is 94.9 cm³/mol. The molecule has 2 rings (SSSR count). The van der Waals surface area contributed by atoms with E-state index in [9.17, 15) is 14.4 Å². The molecule has 1 atom stereocenters. The minimum Gasteiger partial charge on any atom is -0.466 e. The first-order chi connectivity index (χ1) is 11.4. The Balaban J connectivity index is 1.92. The topological polar surface area (TPSA) is 66.9 Å². The number of esters is 1. The lowest BCUT2D eigenvalue weighted by Crippen LogP contribution is -2.47. The van der Waals surface area contributed by atoms with E-state index in [1.165, 1.54) is 16.2 Å². The smallest absolute Gasteiger partial charge is 0.310 e. The molecule has 1 saturated heterocycles. The summed E-state index contributed by atoms with van der Waals surface area (Å²) in [6.07, 6.45) is 1.50. The number of halogens is 1. The average Bonchev–Trinajstić information content (AvgIpc) is 3.00. The molecular formula is C16H21BrN2O4S. The number of amides is 2. The molecule has 0 saturated carbocycles. The third-order valence-corrected chi connectivity index (χ3v) is 5.75. The molecule has 6 nitrogen and oxygen atoms in total. The molecule has 1 aliphatic heterocycles. The zero-order chi connectivity index (χ0) is 17.7. The molecule has 2 heterocycles. The van der Waals surface area contributed by atoms with Crippen LogP contribution in [-0.2, 0) is 14.3 Å². The SMILES string of the molecule is CCOC(=O)C1CCCN(C(=O)CN(C)C(=O)c2sccc2Br)C1. The molecule has 1 aliphatic rings. The van der Waals surface area contributed by atoms with Gasteiger partial charge in [0.05, 0.1) is 19.1 Å². The van der Waals surface area contributed by atoms with Crippen molar-refractivity contribution < 1.29 is 19.1 Å². The summed E-state index contributed by atoms with van der Waals surface area (Å²) in [5.74, 6) is -0.853. The highest BCUT2D eigenvalue weighted by atomic mass is 79.9. The maximum absolute atomic E-state index is 12.5. The Morgan fingerprint density at radius 2 is 2.21 bits per heavy atom. The van der Waals surface area contributed by atoms with Crippen molar-refractivity contribution in [1.82, 2.24) is 9.80 Å². The maximum Gasteiger partial charge on any atom is 0.310 e. The van der Waals surface area contributed by atoms with Crippen molar-refractivity contribution in [3.8, 4) is 0 Å². The summed E-state index contributed by atoms with van der Waals surface area (Å²) < 4.78 is 5.78. The highest BCUT2D eigenvalue weighted by molar-refractivity contribution is 9.10. The number of likely N-dealkylation sites (N-methyl/N-ethyl adjacent to an activating group) is 1. The number of ether oxygens (including phenoxy) is 1. The normalized spacial score (nSPS) is 17.5. The summed E-state index contributed by atoms with van der Waals surface area (Å²) in [6, 6.07) is 1.81. The van der Waals surface area contributed by atoms with Crippen molar-refractivity contribution >= 4 is 45.1 Å². The summed E-state index contributed by atoms with van der Waals surface area (Å²) in [5.41, 5.74) is 0. The molecule has 1 aromatic rings. The van der Waals surface area contributed by atoms with Gasteiger partial charge < -0.3 is 14.5 Å². The molecule has 0 radical (unpaired) electrons. The number of carbonyl (C=O) groups is 3. The fourth-order valence-corrected chi connectivity index (χ4v) is 4.19. The van der Waals surface area contributed by atoms with Crippen molar-refractivity contribution in [1.29, 1.82) is 0 Å². The van der Waals surface area contributed by atoms with Crippen LogP contribution in [0.3, 0.4) is 0 Å². The quantitative estimate of drug-likeness (QED) is 0.691. The highest BCUT2D eigenvalue weighted by Crippen LogP contribution is 2.24. The predicted octanol–water partition coefficient (Wildman–Crippen LogP) is 2.38. The van der Waals surface area contributed by atoms with E-state index in [2.05, 4.69) is 15.9 Å². The fraction of sp³-hybridized carbons (Fsp3) is 0.562. The molecule has 0 aliphatic carbocycles. The number of hydrogen-bond acceptors (Lipinski definition) is 5. The van der Waals surface area contributed by atoms with Crippen LogP contribution in [0, 0.1) is 5.92 Å². The maximum atomic E-state index is 12.5. The van der Waals surface area contributed by atoms with Gasteiger partial charge in [0.2, 0.25) is 5.91 Å². The van der Waals surface area contributed by atoms with Crippen molar-refractivity contribution in [2.75, 3.05) is 33.3 Å². The molecule has 0 spiro atoms. The van der Waals surface area contributed by atoms with Crippen LogP contribution in [-0.4, -0.2) is 60.9 Å². The van der Waals surface area contributed by atoms with E-state index in [1.54, 1.807) is 18.9 Å². The molecular weight excluding hydrogens is 396 g/mol. The Bertz CT molecular complexity index is 619. The third kappa shape index (κ3) is 4.57. The standard InChI is InChI=1S/C16H21BrN2O4S/c1-3-23-16(22)11-5-4-7-19(9-11)13(20)10-18(2)15(21)14-12(17)6-8-24-14/h6,8,11H,3-5,7,9-10H2,1-2H3. The number of thiophene rings is 1. The first kappa shape index (κ1) is 18.9. The lowest BCUT2D eigenvalue weighted by atomic mass is 9.98. The van der Waals surface area contributed by atoms with Gasteiger partial charge in [0.25, 0.3) is 5.91 Å².